The van der Waals surface area contributed by atoms with E-state index in [0.717, 1.165) is 5.56 Å². The van der Waals surface area contributed by atoms with Crippen LogP contribution in [0.3, 0.4) is 0 Å². The molecule has 0 aliphatic carbocycles. The zero-order valence-corrected chi connectivity index (χ0v) is 15.6. The second-order valence-corrected chi connectivity index (χ2v) is 11.6. The van der Waals surface area contributed by atoms with Gasteiger partial charge in [0.25, 0.3) is 0 Å². The van der Waals surface area contributed by atoms with Gasteiger partial charge in [-0.3, -0.25) is 15.6 Å². The van der Waals surface area contributed by atoms with Gasteiger partial charge in [-0.25, -0.2) is 4.99 Å². The molecule has 0 saturated carbocycles. The summed E-state index contributed by atoms with van der Waals surface area (Å²) in [6.07, 6.45) is 2.45. The number of aliphatic imine (C=N–C) groups is 1. The molecular weight excluding hydrogens is 310 g/mol. The van der Waals surface area contributed by atoms with Gasteiger partial charge in [0.1, 0.15) is 12.4 Å². The standard InChI is InChI=1S/C16H25N3O3Si/c1-13-7-9-14(10-8-13)17-11-15(19(20)21)12-18-22-23(5,6)16(2,3)4/h7-12,18H,1-6H3/b15-12-,17-11?. The molecule has 1 aromatic rings. The van der Waals surface area contributed by atoms with Crippen LogP contribution < -0.4 is 5.48 Å². The van der Waals surface area contributed by atoms with Gasteiger partial charge in [0.05, 0.1) is 10.6 Å². The summed E-state index contributed by atoms with van der Waals surface area (Å²) in [6.45, 7) is 12.4. The average Bonchev–Trinajstić information content (AvgIpc) is 2.42. The molecule has 1 N–H and O–H groups in total. The molecule has 0 radical (unpaired) electrons. The van der Waals surface area contributed by atoms with Crippen molar-refractivity contribution in [2.75, 3.05) is 0 Å². The maximum Gasteiger partial charge on any atom is 0.305 e. The van der Waals surface area contributed by atoms with Crippen LogP contribution in [-0.2, 0) is 4.53 Å². The van der Waals surface area contributed by atoms with E-state index < -0.39 is 13.2 Å². The van der Waals surface area contributed by atoms with E-state index in [1.165, 1.54) is 12.4 Å². The van der Waals surface area contributed by atoms with Crippen LogP contribution in [-0.4, -0.2) is 19.5 Å². The summed E-state index contributed by atoms with van der Waals surface area (Å²) in [6, 6.07) is 7.42. The molecule has 0 aliphatic heterocycles. The third kappa shape index (κ3) is 5.95. The molecule has 0 saturated heterocycles. The Labute approximate surface area is 138 Å². The molecule has 0 unspecified atom stereocenters. The van der Waals surface area contributed by atoms with Gasteiger partial charge in [-0.1, -0.05) is 38.5 Å². The number of hydroxylamine groups is 1. The first-order valence-electron chi connectivity index (χ1n) is 7.42. The molecule has 0 aromatic heterocycles. The number of nitrogens with one attached hydrogen (secondary N) is 1. The predicted molar refractivity (Wildman–Crippen MR) is 95.8 cm³/mol. The molecule has 23 heavy (non-hydrogen) atoms. The SMILES string of the molecule is Cc1ccc(N=C/C(=C/NO[Si](C)(C)C(C)(C)C)[N+](=O)[O-])cc1. The monoisotopic (exact) mass is 335 g/mol. The number of rotatable bonds is 6. The van der Waals surface area contributed by atoms with Crippen molar-refractivity contribution in [3.05, 3.63) is 51.8 Å². The third-order valence-corrected chi connectivity index (χ3v) is 8.16. The van der Waals surface area contributed by atoms with Crippen LogP contribution in [0.2, 0.25) is 18.1 Å². The molecule has 0 fully saturated rings. The van der Waals surface area contributed by atoms with Gasteiger partial charge in [-0.05, 0) is 37.2 Å². The first-order chi connectivity index (χ1) is 10.5. The van der Waals surface area contributed by atoms with Crippen LogP contribution >= 0.6 is 0 Å². The number of nitrogens with zero attached hydrogens (tertiary/aromatic N) is 2. The molecule has 0 amide bonds. The summed E-state index contributed by atoms with van der Waals surface area (Å²) < 4.78 is 5.69. The van der Waals surface area contributed by atoms with E-state index in [9.17, 15) is 10.1 Å². The Kier molecular flexibility index (Phi) is 6.23. The van der Waals surface area contributed by atoms with Crippen molar-refractivity contribution >= 4 is 20.2 Å². The number of nitro groups is 1. The number of benzene rings is 1. The summed E-state index contributed by atoms with van der Waals surface area (Å²) in [4.78, 5) is 14.7. The Morgan fingerprint density at radius 3 is 2.35 bits per heavy atom. The molecule has 126 valence electrons. The Morgan fingerprint density at radius 1 is 1.30 bits per heavy atom. The maximum atomic E-state index is 11.1. The molecule has 0 atom stereocenters. The topological polar surface area (TPSA) is 76.8 Å². The van der Waals surface area contributed by atoms with Crippen LogP contribution in [0.15, 0.2) is 41.2 Å². The quantitative estimate of drug-likeness (QED) is 0.363. The van der Waals surface area contributed by atoms with Crippen LogP contribution in [0.25, 0.3) is 0 Å². The van der Waals surface area contributed by atoms with E-state index in [-0.39, 0.29) is 10.7 Å². The Balaban J connectivity index is 2.79. The maximum absolute atomic E-state index is 11.1. The smallest absolute Gasteiger partial charge is 0.305 e. The molecular formula is C16H25N3O3Si. The normalized spacial score (nSPS) is 13.4. The van der Waals surface area contributed by atoms with Crippen molar-refractivity contribution in [3.63, 3.8) is 0 Å². The summed E-state index contributed by atoms with van der Waals surface area (Å²) >= 11 is 0. The van der Waals surface area contributed by atoms with E-state index in [1.54, 1.807) is 0 Å². The van der Waals surface area contributed by atoms with Crippen molar-refractivity contribution in [1.29, 1.82) is 0 Å². The average molecular weight is 335 g/mol. The first kappa shape index (κ1) is 19.1. The summed E-state index contributed by atoms with van der Waals surface area (Å²) in [5.74, 6) is 0. The lowest BCUT2D eigenvalue weighted by molar-refractivity contribution is -0.414. The lowest BCUT2D eigenvalue weighted by Crippen LogP contribution is -2.44. The van der Waals surface area contributed by atoms with Gasteiger partial charge in [-0.15, -0.1) is 0 Å². The second-order valence-electron chi connectivity index (χ2n) is 6.90. The molecule has 7 heteroatoms. The molecule has 0 heterocycles. The van der Waals surface area contributed by atoms with Gasteiger partial charge in [0.15, 0.2) is 0 Å². The van der Waals surface area contributed by atoms with Crippen LogP contribution in [0.4, 0.5) is 5.69 Å². The molecule has 0 bridgehead atoms. The Hall–Kier alpha value is -1.99. The van der Waals surface area contributed by atoms with E-state index in [4.69, 9.17) is 4.53 Å². The minimum absolute atomic E-state index is 0.0125. The van der Waals surface area contributed by atoms with Crippen molar-refractivity contribution in [3.8, 4) is 0 Å². The minimum Gasteiger partial charge on any atom is -0.322 e. The lowest BCUT2D eigenvalue weighted by atomic mass is 10.2. The van der Waals surface area contributed by atoms with Gasteiger partial charge in [0.2, 0.25) is 8.32 Å². The number of hydrogen-bond donors (Lipinski definition) is 1. The van der Waals surface area contributed by atoms with Gasteiger partial charge >= 0.3 is 5.70 Å². The number of hydrogen-bond acceptors (Lipinski definition) is 5. The predicted octanol–water partition coefficient (Wildman–Crippen LogP) is 4.34. The summed E-state index contributed by atoms with van der Waals surface area (Å²) in [5, 5.41) is 11.1. The summed E-state index contributed by atoms with van der Waals surface area (Å²) in [5.41, 5.74) is 4.23. The van der Waals surface area contributed by atoms with Gasteiger partial charge in [0, 0.05) is 0 Å². The van der Waals surface area contributed by atoms with Gasteiger partial charge < -0.3 is 4.53 Å². The second kappa shape index (κ2) is 7.52. The number of allylic oxidation sites excluding steroid dienone is 1. The van der Waals surface area contributed by atoms with Crippen molar-refractivity contribution in [1.82, 2.24) is 5.48 Å². The fraction of sp³-hybridized carbons (Fsp3) is 0.438. The zero-order valence-electron chi connectivity index (χ0n) is 14.6. The molecule has 0 aliphatic rings. The van der Waals surface area contributed by atoms with E-state index >= 15 is 0 Å². The number of aryl methyl sites for hydroxylation is 1. The Bertz CT molecular complexity index is 602. The van der Waals surface area contributed by atoms with Crippen LogP contribution in [0, 0.1) is 17.0 Å². The largest absolute Gasteiger partial charge is 0.322 e. The van der Waals surface area contributed by atoms with E-state index in [0.29, 0.717) is 5.69 Å². The van der Waals surface area contributed by atoms with Crippen LogP contribution in [0.5, 0.6) is 0 Å². The molecule has 6 nitrogen and oxygen atoms in total. The van der Waals surface area contributed by atoms with Crippen molar-refractivity contribution in [2.24, 2.45) is 4.99 Å². The Morgan fingerprint density at radius 2 is 1.87 bits per heavy atom. The highest BCUT2D eigenvalue weighted by atomic mass is 28.4. The van der Waals surface area contributed by atoms with Crippen LogP contribution in [0.1, 0.15) is 26.3 Å². The molecule has 1 rings (SSSR count). The van der Waals surface area contributed by atoms with E-state index in [1.807, 2.05) is 31.2 Å². The third-order valence-electron chi connectivity index (χ3n) is 3.92. The van der Waals surface area contributed by atoms with Crippen molar-refractivity contribution in [2.45, 2.75) is 45.8 Å². The van der Waals surface area contributed by atoms with E-state index in [2.05, 4.69) is 44.3 Å². The summed E-state index contributed by atoms with van der Waals surface area (Å²) in [7, 11) is -2.02. The zero-order chi connectivity index (χ0) is 17.7. The first-order valence-corrected chi connectivity index (χ1v) is 10.3. The highest BCUT2D eigenvalue weighted by Crippen LogP contribution is 2.35. The highest BCUT2D eigenvalue weighted by molar-refractivity contribution is 6.74. The molecule has 0 spiro atoms. The molecule has 1 aromatic carbocycles. The fourth-order valence-corrected chi connectivity index (χ4v) is 1.96. The minimum atomic E-state index is -2.02. The highest BCUT2D eigenvalue weighted by Gasteiger charge is 2.38. The van der Waals surface area contributed by atoms with Gasteiger partial charge in [-0.2, -0.15) is 0 Å². The van der Waals surface area contributed by atoms with Crippen molar-refractivity contribution < 1.29 is 9.45 Å². The fourth-order valence-electron chi connectivity index (χ4n) is 1.30. The lowest BCUT2D eigenvalue weighted by Gasteiger charge is -2.34.